The van der Waals surface area contributed by atoms with Crippen molar-refractivity contribution in [1.82, 2.24) is 0 Å². The van der Waals surface area contributed by atoms with Gasteiger partial charge in [0, 0.05) is 0 Å². The van der Waals surface area contributed by atoms with Crippen molar-refractivity contribution >= 4 is 52.2 Å². The zero-order valence-corrected chi connectivity index (χ0v) is 24.1. The molecule has 0 heterocycles. The Morgan fingerprint density at radius 1 is 0.356 bits per heavy atom. The monoisotopic (exact) mass is 694 g/mol. The van der Waals surface area contributed by atoms with Gasteiger partial charge in [-0.15, -0.1) is 0 Å². The van der Waals surface area contributed by atoms with Crippen LogP contribution in [-0.2, 0) is 0 Å². The molecule has 1 fully saturated rings. The Hall–Kier alpha value is -2.77. The van der Waals surface area contributed by atoms with Gasteiger partial charge in [-0.2, -0.15) is 0 Å². The number of hydrogen-bond donors (Lipinski definition) is 0. The van der Waals surface area contributed by atoms with Crippen molar-refractivity contribution in [3.63, 3.8) is 0 Å². The molecule has 1 aliphatic rings. The van der Waals surface area contributed by atoms with Gasteiger partial charge in [-0.1, -0.05) is 0 Å². The second-order valence-corrected chi connectivity index (χ2v) is 13.4. The van der Waals surface area contributed by atoms with Crippen LogP contribution in [0.25, 0.3) is 0 Å². The molecular weight excluding hydrogens is 666 g/mol. The summed E-state index contributed by atoms with van der Waals surface area (Å²) in [5.74, 6) is 0. The molecule has 0 N–H and O–H groups in total. The van der Waals surface area contributed by atoms with Gasteiger partial charge in [0.25, 0.3) is 0 Å². The quantitative estimate of drug-likeness (QED) is 0.145. The molecular formula is C24H27B4F16P-4. The molecule has 3 aromatic rings. The first-order chi connectivity index (χ1) is 20.4. The van der Waals surface area contributed by atoms with Crippen LogP contribution < -0.4 is 15.9 Å². The van der Waals surface area contributed by atoms with E-state index < -0.39 is 36.3 Å². The van der Waals surface area contributed by atoms with Crippen LogP contribution in [-0.4, -0.2) is 34.7 Å². The van der Waals surface area contributed by atoms with Gasteiger partial charge in [-0.05, 0) is 0 Å². The van der Waals surface area contributed by atoms with Gasteiger partial charge in [-0.3, -0.25) is 0 Å². The van der Waals surface area contributed by atoms with Crippen LogP contribution in [0.15, 0.2) is 91.0 Å². The standard InChI is InChI=1S/C24H27P.4BF4/c1-5-13-21(14-6-1)25(22-15-7-2-8-16-22,23-17-9-3-10-18-23)24-19-11-4-12-20-24;4*2-1(3,4)5/h1-3,5-10,13-18,24-25H,4,11-12,19-20H2;;;;/q;4*-1. The van der Waals surface area contributed by atoms with Crippen molar-refractivity contribution in [2.24, 2.45) is 0 Å². The van der Waals surface area contributed by atoms with E-state index in [-0.39, 0.29) is 0 Å². The fourth-order valence-corrected chi connectivity index (χ4v) is 10.7. The van der Waals surface area contributed by atoms with Crippen LogP contribution in [0.1, 0.15) is 32.1 Å². The van der Waals surface area contributed by atoms with Gasteiger partial charge in [0.05, 0.1) is 0 Å². The topological polar surface area (TPSA) is 0 Å². The Labute approximate surface area is 250 Å². The summed E-state index contributed by atoms with van der Waals surface area (Å²) in [6.45, 7) is 0. The van der Waals surface area contributed by atoms with Crippen molar-refractivity contribution in [3.05, 3.63) is 91.0 Å². The summed E-state index contributed by atoms with van der Waals surface area (Å²) in [5, 5.41) is 4.71. The van der Waals surface area contributed by atoms with Crippen LogP contribution in [0.4, 0.5) is 69.1 Å². The van der Waals surface area contributed by atoms with E-state index in [1.54, 1.807) is 15.9 Å². The third-order valence-electron chi connectivity index (χ3n) is 5.90. The van der Waals surface area contributed by atoms with E-state index in [4.69, 9.17) is 0 Å². The van der Waals surface area contributed by atoms with Gasteiger partial charge in [0.1, 0.15) is 0 Å². The fourth-order valence-electron chi connectivity index (χ4n) is 4.85. The van der Waals surface area contributed by atoms with Crippen molar-refractivity contribution in [3.8, 4) is 0 Å². The van der Waals surface area contributed by atoms with Crippen LogP contribution in [0.2, 0.25) is 0 Å². The summed E-state index contributed by atoms with van der Waals surface area (Å²) < 4.78 is 156. The van der Waals surface area contributed by atoms with E-state index in [9.17, 15) is 69.1 Å². The first kappa shape index (κ1) is 42.2. The van der Waals surface area contributed by atoms with Crippen molar-refractivity contribution in [2.45, 2.75) is 37.8 Å². The fraction of sp³-hybridized carbons (Fsp3) is 0.250. The zero-order chi connectivity index (χ0) is 35.0. The molecule has 1 aliphatic carbocycles. The van der Waals surface area contributed by atoms with Crippen LogP contribution in [0, 0.1) is 0 Å². The predicted octanol–water partition coefficient (Wildman–Crippen LogP) is 10.2. The Morgan fingerprint density at radius 2 is 0.556 bits per heavy atom. The molecule has 0 atom stereocenters. The average molecular weight is 694 g/mol. The predicted molar refractivity (Wildman–Crippen MR) is 154 cm³/mol. The van der Waals surface area contributed by atoms with Crippen molar-refractivity contribution in [2.75, 3.05) is 0 Å². The summed E-state index contributed by atoms with van der Waals surface area (Å²) >= 11 is 0. The van der Waals surface area contributed by atoms with Gasteiger partial charge in [0.2, 0.25) is 0 Å². The van der Waals surface area contributed by atoms with E-state index in [1.165, 1.54) is 32.1 Å². The molecule has 45 heavy (non-hydrogen) atoms. The van der Waals surface area contributed by atoms with Crippen LogP contribution in [0.5, 0.6) is 0 Å². The summed E-state index contributed by atoms with van der Waals surface area (Å²) in [5.41, 5.74) is 0.786. The summed E-state index contributed by atoms with van der Waals surface area (Å²) in [7, 11) is -26.0. The number of halogens is 16. The van der Waals surface area contributed by atoms with Gasteiger partial charge < -0.3 is 69.1 Å². The minimum absolute atomic E-state index is 0.786. The molecule has 0 saturated heterocycles. The summed E-state index contributed by atoms with van der Waals surface area (Å²) in [4.78, 5) is 0. The molecule has 0 spiro atoms. The first-order valence-electron chi connectivity index (χ1n) is 13.1. The molecule has 256 valence electrons. The average Bonchev–Trinajstić information content (AvgIpc) is 2.88. The molecule has 0 amide bonds. The Bertz CT molecular complexity index is 1000. The molecule has 4 rings (SSSR count). The molecule has 0 bridgehead atoms. The molecule has 0 aliphatic heterocycles. The molecule has 3 aromatic carbocycles. The van der Waals surface area contributed by atoms with E-state index in [0.717, 1.165) is 5.66 Å². The van der Waals surface area contributed by atoms with Gasteiger partial charge >= 0.3 is 181 Å². The van der Waals surface area contributed by atoms with E-state index in [0.29, 0.717) is 0 Å². The van der Waals surface area contributed by atoms with E-state index in [1.807, 2.05) is 0 Å². The first-order valence-corrected chi connectivity index (χ1v) is 15.2. The van der Waals surface area contributed by atoms with Crippen LogP contribution in [0.3, 0.4) is 0 Å². The van der Waals surface area contributed by atoms with E-state index >= 15 is 0 Å². The van der Waals surface area contributed by atoms with E-state index in [2.05, 4.69) is 91.0 Å². The number of hydrogen-bond acceptors (Lipinski definition) is 0. The molecule has 21 heteroatoms. The third kappa shape index (κ3) is 22.4. The van der Waals surface area contributed by atoms with Gasteiger partial charge in [0.15, 0.2) is 0 Å². The zero-order valence-electron chi connectivity index (χ0n) is 23.1. The summed E-state index contributed by atoms with van der Waals surface area (Å²) in [6.07, 6.45) is 6.90. The summed E-state index contributed by atoms with van der Waals surface area (Å²) in [6, 6.07) is 34.2. The maximum atomic E-state index is 9.75. The Balaban J connectivity index is 0.000000792. The minimum atomic E-state index is -6.00. The number of benzene rings is 3. The Morgan fingerprint density at radius 3 is 0.756 bits per heavy atom. The maximum absolute atomic E-state index is 9.75. The Kier molecular flexibility index (Phi) is 17.8. The molecule has 0 radical (unpaired) electrons. The van der Waals surface area contributed by atoms with Crippen molar-refractivity contribution < 1.29 is 69.1 Å². The normalized spacial score (nSPS) is 14.5. The van der Waals surface area contributed by atoms with Gasteiger partial charge in [-0.25, -0.2) is 0 Å². The second-order valence-electron chi connectivity index (χ2n) is 9.22. The molecule has 0 nitrogen and oxygen atoms in total. The SMILES string of the molecule is F[B-](F)(F)F.F[B-](F)(F)F.F[B-](F)(F)F.F[B-](F)(F)F.c1ccc([PH](c2ccccc2)(c2ccccc2)C2CCCCC2)cc1. The van der Waals surface area contributed by atoms with Crippen LogP contribution >= 0.6 is 7.26 Å². The molecule has 0 aromatic heterocycles. The van der Waals surface area contributed by atoms with Crippen molar-refractivity contribution in [1.29, 1.82) is 0 Å². The second kappa shape index (κ2) is 19.0. The molecule has 0 unspecified atom stereocenters. The number of rotatable bonds is 4. The third-order valence-corrected chi connectivity index (χ3v) is 11.4. The molecule has 1 saturated carbocycles.